The Bertz CT molecular complexity index is 969. The average molecular weight is 888 g/mol. The summed E-state index contributed by atoms with van der Waals surface area (Å²) in [4.78, 5) is 35.1. The molecule has 3 N–H and O–H groups in total. The molecule has 10 heteroatoms. The number of carbonyl (C=O) groups is 2. The summed E-state index contributed by atoms with van der Waals surface area (Å²) in [7, 11) is -4.37. The van der Waals surface area contributed by atoms with Gasteiger partial charge in [0.1, 0.15) is 6.61 Å². The van der Waals surface area contributed by atoms with Crippen LogP contribution in [0.2, 0.25) is 0 Å². The molecule has 364 valence electrons. The second-order valence-corrected chi connectivity index (χ2v) is 19.6. The van der Waals surface area contributed by atoms with E-state index in [-0.39, 0.29) is 38.6 Å². The highest BCUT2D eigenvalue weighted by Crippen LogP contribution is 2.43. The first-order valence-electron chi connectivity index (χ1n) is 26.5. The molecular formula is C51H102NO8P. The summed E-state index contributed by atoms with van der Waals surface area (Å²) in [5.41, 5.74) is 5.37. The topological polar surface area (TPSA) is 134 Å². The van der Waals surface area contributed by atoms with Crippen LogP contribution in [0.15, 0.2) is 0 Å². The fourth-order valence-electron chi connectivity index (χ4n) is 8.05. The molecule has 1 unspecified atom stereocenters. The normalized spacial score (nSPS) is 13.0. The van der Waals surface area contributed by atoms with Crippen LogP contribution in [0.5, 0.6) is 0 Å². The SMILES string of the molecule is CCCCCCCCCCCCCCCCCCCCCCCCCC(=O)OC[C@@H](COP(=O)(O)OCCN)OC(=O)CCCCCCCCCCCCCCCCCCC. The first-order chi connectivity index (χ1) is 29.8. The van der Waals surface area contributed by atoms with Gasteiger partial charge >= 0.3 is 19.8 Å². The number of phosphoric ester groups is 1. The first kappa shape index (κ1) is 60.0. The summed E-state index contributed by atoms with van der Waals surface area (Å²) in [5, 5.41) is 0. The molecule has 0 fully saturated rings. The Morgan fingerprint density at radius 1 is 0.426 bits per heavy atom. The number of hydrogen-bond acceptors (Lipinski definition) is 8. The summed E-state index contributed by atoms with van der Waals surface area (Å²) in [6.45, 7) is 3.81. The van der Waals surface area contributed by atoms with E-state index in [0.717, 1.165) is 32.1 Å². The van der Waals surface area contributed by atoms with Crippen molar-refractivity contribution < 1.29 is 37.6 Å². The molecule has 0 saturated carbocycles. The summed E-state index contributed by atoms with van der Waals surface area (Å²) in [6, 6.07) is 0. The van der Waals surface area contributed by atoms with Crippen LogP contribution in [0.4, 0.5) is 0 Å². The van der Waals surface area contributed by atoms with E-state index in [1.807, 2.05) is 0 Å². The lowest BCUT2D eigenvalue weighted by atomic mass is 10.0. The molecule has 0 heterocycles. The van der Waals surface area contributed by atoms with E-state index in [2.05, 4.69) is 13.8 Å². The van der Waals surface area contributed by atoms with Crippen LogP contribution in [-0.2, 0) is 32.7 Å². The van der Waals surface area contributed by atoms with Crippen molar-refractivity contribution in [3.8, 4) is 0 Å². The number of esters is 2. The number of unbranched alkanes of at least 4 members (excludes halogenated alkanes) is 38. The van der Waals surface area contributed by atoms with Gasteiger partial charge in [-0.2, -0.15) is 0 Å². The molecule has 0 aromatic heterocycles. The Morgan fingerprint density at radius 2 is 0.705 bits per heavy atom. The molecule has 0 rings (SSSR count). The number of rotatable bonds is 51. The highest BCUT2D eigenvalue weighted by atomic mass is 31.2. The number of hydrogen-bond donors (Lipinski definition) is 2. The molecule has 2 atom stereocenters. The van der Waals surface area contributed by atoms with Crippen molar-refractivity contribution in [3.05, 3.63) is 0 Å². The highest BCUT2D eigenvalue weighted by Gasteiger charge is 2.26. The molecule has 0 bridgehead atoms. The fraction of sp³-hybridized carbons (Fsp3) is 0.961. The van der Waals surface area contributed by atoms with Gasteiger partial charge in [0.15, 0.2) is 6.10 Å². The van der Waals surface area contributed by atoms with Gasteiger partial charge in [0.25, 0.3) is 0 Å². The zero-order valence-electron chi connectivity index (χ0n) is 40.4. The van der Waals surface area contributed by atoms with Crippen LogP contribution >= 0.6 is 7.82 Å². The van der Waals surface area contributed by atoms with E-state index in [1.54, 1.807) is 0 Å². The number of nitrogens with two attached hydrogens (primary N) is 1. The molecule has 0 aliphatic rings. The van der Waals surface area contributed by atoms with Gasteiger partial charge in [-0.05, 0) is 12.8 Å². The molecule has 0 amide bonds. The zero-order valence-corrected chi connectivity index (χ0v) is 41.3. The number of ether oxygens (including phenoxy) is 2. The summed E-state index contributed by atoms with van der Waals surface area (Å²) >= 11 is 0. The minimum atomic E-state index is -4.37. The van der Waals surface area contributed by atoms with E-state index < -0.39 is 26.5 Å². The first-order valence-corrected chi connectivity index (χ1v) is 28.0. The molecule has 0 spiro atoms. The van der Waals surface area contributed by atoms with E-state index in [0.29, 0.717) is 6.42 Å². The van der Waals surface area contributed by atoms with Crippen LogP contribution < -0.4 is 5.73 Å². The van der Waals surface area contributed by atoms with Crippen LogP contribution in [0.3, 0.4) is 0 Å². The average Bonchev–Trinajstić information content (AvgIpc) is 3.25. The standard InChI is InChI=1S/C51H102NO8P/c1-3-5-7-9-11-13-15-17-19-21-22-23-24-25-26-28-29-31-33-35-37-39-41-43-50(53)57-47-49(48-59-61(55,56)58-46-45-52)60-51(54)44-42-40-38-36-34-32-30-27-20-18-16-14-12-10-8-6-4-2/h49H,3-48,52H2,1-2H3,(H,55,56)/t49-/m0/s1. The Morgan fingerprint density at radius 3 is 1.00 bits per heavy atom. The number of carbonyl (C=O) groups excluding carboxylic acids is 2. The maximum absolute atomic E-state index is 12.6. The third kappa shape index (κ3) is 48.3. The van der Waals surface area contributed by atoms with Crippen molar-refractivity contribution in [3.63, 3.8) is 0 Å². The van der Waals surface area contributed by atoms with Crippen molar-refractivity contribution in [2.75, 3.05) is 26.4 Å². The Kier molecular flexibility index (Phi) is 47.7. The summed E-state index contributed by atoms with van der Waals surface area (Å²) in [5.74, 6) is -0.805. The Balaban J connectivity index is 3.94. The highest BCUT2D eigenvalue weighted by molar-refractivity contribution is 7.47. The predicted octanol–water partition coefficient (Wildman–Crippen LogP) is 16.0. The molecule has 0 aliphatic heterocycles. The Hall–Kier alpha value is -0.990. The third-order valence-electron chi connectivity index (χ3n) is 12.0. The minimum Gasteiger partial charge on any atom is -0.462 e. The van der Waals surface area contributed by atoms with E-state index >= 15 is 0 Å². The van der Waals surface area contributed by atoms with Crippen LogP contribution in [0.1, 0.15) is 284 Å². The predicted molar refractivity (Wildman–Crippen MR) is 257 cm³/mol. The van der Waals surface area contributed by atoms with Crippen molar-refractivity contribution in [2.45, 2.75) is 290 Å². The second kappa shape index (κ2) is 48.5. The third-order valence-corrected chi connectivity index (χ3v) is 13.0. The van der Waals surface area contributed by atoms with Gasteiger partial charge < -0.3 is 20.1 Å². The van der Waals surface area contributed by atoms with E-state index in [1.165, 1.54) is 218 Å². The largest absolute Gasteiger partial charge is 0.472 e. The molecule has 0 aromatic rings. The fourth-order valence-corrected chi connectivity index (χ4v) is 8.82. The van der Waals surface area contributed by atoms with Gasteiger partial charge in [-0.1, -0.05) is 258 Å². The van der Waals surface area contributed by atoms with Crippen LogP contribution in [0, 0.1) is 0 Å². The molecule has 0 saturated heterocycles. The van der Waals surface area contributed by atoms with Crippen LogP contribution in [0.25, 0.3) is 0 Å². The monoisotopic (exact) mass is 888 g/mol. The van der Waals surface area contributed by atoms with E-state index in [9.17, 15) is 19.0 Å². The lowest BCUT2D eigenvalue weighted by Gasteiger charge is -2.19. The lowest BCUT2D eigenvalue weighted by molar-refractivity contribution is -0.161. The second-order valence-electron chi connectivity index (χ2n) is 18.1. The quantitative estimate of drug-likeness (QED) is 0.0348. The molecule has 61 heavy (non-hydrogen) atoms. The van der Waals surface area contributed by atoms with Gasteiger partial charge in [0.05, 0.1) is 13.2 Å². The molecule has 0 aromatic carbocycles. The van der Waals surface area contributed by atoms with Crippen LogP contribution in [-0.4, -0.2) is 49.3 Å². The van der Waals surface area contributed by atoms with Gasteiger partial charge in [0.2, 0.25) is 0 Å². The van der Waals surface area contributed by atoms with Crippen molar-refractivity contribution in [1.29, 1.82) is 0 Å². The minimum absolute atomic E-state index is 0.0584. The van der Waals surface area contributed by atoms with Crippen molar-refractivity contribution in [1.82, 2.24) is 0 Å². The molecule has 9 nitrogen and oxygen atoms in total. The smallest absolute Gasteiger partial charge is 0.462 e. The maximum atomic E-state index is 12.6. The van der Waals surface area contributed by atoms with Gasteiger partial charge in [-0.25, -0.2) is 4.57 Å². The van der Waals surface area contributed by atoms with Gasteiger partial charge in [-0.3, -0.25) is 18.6 Å². The maximum Gasteiger partial charge on any atom is 0.472 e. The van der Waals surface area contributed by atoms with Crippen molar-refractivity contribution >= 4 is 19.8 Å². The number of phosphoric acid groups is 1. The zero-order chi connectivity index (χ0) is 44.6. The van der Waals surface area contributed by atoms with E-state index in [4.69, 9.17) is 24.3 Å². The van der Waals surface area contributed by atoms with Gasteiger partial charge in [-0.15, -0.1) is 0 Å². The summed E-state index contributed by atoms with van der Waals surface area (Å²) < 4.78 is 33.0. The molecule has 0 aliphatic carbocycles. The molecule has 0 radical (unpaired) electrons. The Labute approximate surface area is 377 Å². The van der Waals surface area contributed by atoms with Gasteiger partial charge in [0, 0.05) is 19.4 Å². The lowest BCUT2D eigenvalue weighted by Crippen LogP contribution is -2.29. The molecular weight excluding hydrogens is 786 g/mol. The van der Waals surface area contributed by atoms with Crippen molar-refractivity contribution in [2.24, 2.45) is 5.73 Å². The summed E-state index contributed by atoms with van der Waals surface area (Å²) in [6.07, 6.45) is 51.5.